The first-order valence-corrected chi connectivity index (χ1v) is 9.12. The predicted molar refractivity (Wildman–Crippen MR) is 108 cm³/mol. The van der Waals surface area contributed by atoms with E-state index >= 15 is 0 Å². The first-order valence-electron chi connectivity index (χ1n) is 9.12. The maximum atomic E-state index is 12.8. The summed E-state index contributed by atoms with van der Waals surface area (Å²) in [5.41, 5.74) is 6.15. The average Bonchev–Trinajstić information content (AvgIpc) is 2.72. The van der Waals surface area contributed by atoms with Crippen LogP contribution in [0.1, 0.15) is 30.1 Å². The van der Waals surface area contributed by atoms with Gasteiger partial charge in [-0.1, -0.05) is 30.9 Å². The molecular weight excluding hydrogens is 370 g/mol. The highest BCUT2D eigenvalue weighted by molar-refractivity contribution is 6.39. The Morgan fingerprint density at radius 1 is 1.38 bits per heavy atom. The second-order valence-corrected chi connectivity index (χ2v) is 6.61. The molecular formula is C21H23N5O3. The van der Waals surface area contributed by atoms with E-state index in [4.69, 9.17) is 5.73 Å². The topological polar surface area (TPSA) is 129 Å². The van der Waals surface area contributed by atoms with E-state index in [0.29, 0.717) is 18.4 Å². The maximum absolute atomic E-state index is 12.8. The van der Waals surface area contributed by atoms with Crippen molar-refractivity contribution in [3.63, 3.8) is 0 Å². The molecule has 1 aliphatic heterocycles. The number of allylic oxidation sites excluding steroid dienone is 3. The van der Waals surface area contributed by atoms with Crippen LogP contribution in [0.3, 0.4) is 0 Å². The lowest BCUT2D eigenvalue weighted by molar-refractivity contribution is -0.145. The molecule has 1 saturated heterocycles. The van der Waals surface area contributed by atoms with Crippen LogP contribution in [0.2, 0.25) is 0 Å². The van der Waals surface area contributed by atoms with Gasteiger partial charge in [-0.3, -0.25) is 19.4 Å². The van der Waals surface area contributed by atoms with Gasteiger partial charge in [0.1, 0.15) is 0 Å². The third-order valence-corrected chi connectivity index (χ3v) is 4.56. The normalized spacial score (nSPS) is 19.1. The van der Waals surface area contributed by atoms with Gasteiger partial charge in [0, 0.05) is 12.7 Å². The number of piperidine rings is 1. The number of carbonyl (C=O) groups excluding carboxylic acids is 3. The van der Waals surface area contributed by atoms with Gasteiger partial charge in [-0.15, -0.1) is 0 Å². The largest absolute Gasteiger partial charge is 0.366 e. The maximum Gasteiger partial charge on any atom is 0.313 e. The van der Waals surface area contributed by atoms with Crippen molar-refractivity contribution in [3.05, 3.63) is 60.5 Å². The van der Waals surface area contributed by atoms with Gasteiger partial charge in [0.2, 0.25) is 5.91 Å². The summed E-state index contributed by atoms with van der Waals surface area (Å²) in [7, 11) is 0. The molecule has 29 heavy (non-hydrogen) atoms. The summed E-state index contributed by atoms with van der Waals surface area (Å²) in [4.78, 5) is 41.8. The zero-order chi connectivity index (χ0) is 21.4. The van der Waals surface area contributed by atoms with Crippen LogP contribution in [0.15, 0.2) is 54.9 Å². The Morgan fingerprint density at radius 2 is 2.14 bits per heavy atom. The number of likely N-dealkylation sites (tertiary alicyclic amines) is 1. The molecule has 1 aromatic rings. The number of hydrogen-bond acceptors (Lipinski definition) is 5. The van der Waals surface area contributed by atoms with Crippen LogP contribution in [-0.2, 0) is 9.59 Å². The second kappa shape index (κ2) is 9.99. The van der Waals surface area contributed by atoms with Gasteiger partial charge in [0.25, 0.3) is 0 Å². The summed E-state index contributed by atoms with van der Waals surface area (Å²) in [6.45, 7) is 6.15. The minimum absolute atomic E-state index is 0.116. The molecule has 0 spiro atoms. The number of carbonyl (C=O) groups is 3. The van der Waals surface area contributed by atoms with E-state index in [1.807, 2.05) is 19.1 Å². The third-order valence-electron chi connectivity index (χ3n) is 4.56. The molecule has 0 saturated carbocycles. The molecule has 1 fully saturated rings. The number of nitrogens with two attached hydrogens (primary N) is 1. The van der Waals surface area contributed by atoms with Gasteiger partial charge in [-0.25, -0.2) is 0 Å². The highest BCUT2D eigenvalue weighted by Crippen LogP contribution is 2.27. The molecule has 0 aromatic carbocycles. The average molecular weight is 393 g/mol. The molecule has 2 atom stereocenters. The van der Waals surface area contributed by atoms with E-state index in [1.165, 1.54) is 23.4 Å². The van der Waals surface area contributed by atoms with E-state index < -0.39 is 23.8 Å². The number of nitrogens with one attached hydrogen (secondary N) is 1. The number of nitrogens with zero attached hydrogens (tertiary/aromatic N) is 3. The summed E-state index contributed by atoms with van der Waals surface area (Å²) in [6.07, 6.45) is 10.7. The fourth-order valence-corrected chi connectivity index (χ4v) is 3.04. The SMILES string of the molecule is C=C(/C=C\C=C/C)[C@@H]1C[C@H](C#N)CCN1C(=O)C(=O)Nc1cncc(C(N)=O)c1. The monoisotopic (exact) mass is 393 g/mol. The molecule has 2 heterocycles. The standard InChI is InChI=1S/C21H23N5O3/c1-3-4-5-6-14(2)18-9-15(11-22)7-8-26(18)21(29)20(28)25-17-10-16(19(23)27)12-24-13-17/h3-6,10,12-13,15,18H,2,7-9H2,1H3,(H2,23,27)(H,25,28)/b4-3-,6-5-/t15-,18+/m1/s1. The summed E-state index contributed by atoms with van der Waals surface area (Å²) < 4.78 is 0. The van der Waals surface area contributed by atoms with E-state index in [9.17, 15) is 19.6 Å². The lowest BCUT2D eigenvalue weighted by atomic mass is 9.88. The number of anilines is 1. The molecule has 3 N–H and O–H groups in total. The number of amides is 3. The lowest BCUT2D eigenvalue weighted by Gasteiger charge is -2.37. The predicted octanol–water partition coefficient (Wildman–Crippen LogP) is 1.94. The Balaban J connectivity index is 2.17. The molecule has 3 amide bonds. The van der Waals surface area contributed by atoms with Crippen molar-refractivity contribution in [3.8, 4) is 6.07 Å². The van der Waals surface area contributed by atoms with Crippen LogP contribution in [-0.4, -0.2) is 40.2 Å². The van der Waals surface area contributed by atoms with E-state index in [1.54, 1.807) is 12.2 Å². The smallest absolute Gasteiger partial charge is 0.313 e. The van der Waals surface area contributed by atoms with Gasteiger partial charge in [0.15, 0.2) is 0 Å². The van der Waals surface area contributed by atoms with Crippen molar-refractivity contribution in [2.24, 2.45) is 11.7 Å². The number of aromatic nitrogens is 1. The summed E-state index contributed by atoms with van der Waals surface area (Å²) >= 11 is 0. The summed E-state index contributed by atoms with van der Waals surface area (Å²) in [5.74, 6) is -2.51. The Hall–Kier alpha value is -3.73. The van der Waals surface area contributed by atoms with E-state index in [-0.39, 0.29) is 23.7 Å². The van der Waals surface area contributed by atoms with Crippen molar-refractivity contribution in [1.82, 2.24) is 9.88 Å². The summed E-state index contributed by atoms with van der Waals surface area (Å²) in [5, 5.41) is 11.7. The van der Waals surface area contributed by atoms with Crippen LogP contribution in [0.25, 0.3) is 0 Å². The molecule has 2 rings (SSSR count). The number of rotatable bonds is 5. The van der Waals surface area contributed by atoms with E-state index in [0.717, 1.165) is 0 Å². The minimum Gasteiger partial charge on any atom is -0.366 e. The van der Waals surface area contributed by atoms with E-state index in [2.05, 4.69) is 22.9 Å². The molecule has 0 radical (unpaired) electrons. The molecule has 1 aliphatic rings. The number of pyridine rings is 1. The van der Waals surface area contributed by atoms with Crippen molar-refractivity contribution in [2.75, 3.05) is 11.9 Å². The zero-order valence-electron chi connectivity index (χ0n) is 16.2. The fourth-order valence-electron chi connectivity index (χ4n) is 3.04. The Morgan fingerprint density at radius 3 is 2.79 bits per heavy atom. The van der Waals surface area contributed by atoms with Crippen LogP contribution in [0.5, 0.6) is 0 Å². The molecule has 0 aliphatic carbocycles. The van der Waals surface area contributed by atoms with Crippen LogP contribution < -0.4 is 11.1 Å². The van der Waals surface area contributed by atoms with Gasteiger partial charge in [-0.2, -0.15) is 5.26 Å². The van der Waals surface area contributed by atoms with Gasteiger partial charge >= 0.3 is 11.8 Å². The molecule has 150 valence electrons. The molecule has 8 nitrogen and oxygen atoms in total. The number of nitriles is 1. The van der Waals surface area contributed by atoms with Crippen molar-refractivity contribution < 1.29 is 14.4 Å². The minimum atomic E-state index is -0.862. The third kappa shape index (κ3) is 5.62. The Bertz CT molecular complexity index is 913. The Labute approximate surface area is 169 Å². The van der Waals surface area contributed by atoms with Crippen molar-refractivity contribution in [1.29, 1.82) is 5.26 Å². The van der Waals surface area contributed by atoms with Gasteiger partial charge < -0.3 is 16.0 Å². The van der Waals surface area contributed by atoms with Crippen LogP contribution in [0, 0.1) is 17.2 Å². The summed E-state index contributed by atoms with van der Waals surface area (Å²) in [6, 6.07) is 3.12. The van der Waals surface area contributed by atoms with Crippen LogP contribution in [0.4, 0.5) is 5.69 Å². The first kappa shape index (κ1) is 21.6. The first-order chi connectivity index (χ1) is 13.9. The highest BCUT2D eigenvalue weighted by atomic mass is 16.2. The molecule has 0 bridgehead atoms. The second-order valence-electron chi connectivity index (χ2n) is 6.61. The molecule has 8 heteroatoms. The van der Waals surface area contributed by atoms with Gasteiger partial charge in [0.05, 0.1) is 35.5 Å². The van der Waals surface area contributed by atoms with Crippen molar-refractivity contribution in [2.45, 2.75) is 25.8 Å². The Kier molecular flexibility index (Phi) is 7.43. The molecule has 1 aromatic heterocycles. The zero-order valence-corrected chi connectivity index (χ0v) is 16.2. The lowest BCUT2D eigenvalue weighted by Crippen LogP contribution is -2.50. The number of hydrogen-bond donors (Lipinski definition) is 2. The fraction of sp³-hybridized carbons (Fsp3) is 0.286. The van der Waals surface area contributed by atoms with Crippen molar-refractivity contribution >= 4 is 23.4 Å². The molecule has 0 unspecified atom stereocenters. The quantitative estimate of drug-likeness (QED) is 0.583. The number of primary amides is 1. The van der Waals surface area contributed by atoms with Gasteiger partial charge in [-0.05, 0) is 31.4 Å². The highest BCUT2D eigenvalue weighted by Gasteiger charge is 2.35. The van der Waals surface area contributed by atoms with Crippen LogP contribution >= 0.6 is 0 Å².